The van der Waals surface area contributed by atoms with Gasteiger partial charge in [0.15, 0.2) is 29.4 Å². The van der Waals surface area contributed by atoms with Gasteiger partial charge in [0.25, 0.3) is 0 Å². The quantitative estimate of drug-likeness (QED) is 0.259. The third-order valence-electron chi connectivity index (χ3n) is 0.457. The largest absolute Gasteiger partial charge is 0.170 e. The van der Waals surface area contributed by atoms with Crippen LogP contribution in [0.2, 0.25) is 0 Å². The van der Waals surface area contributed by atoms with E-state index < -0.39 is 0 Å². The second kappa shape index (κ2) is 6.89. The summed E-state index contributed by atoms with van der Waals surface area (Å²) < 4.78 is 6.51. The van der Waals surface area contributed by atoms with Gasteiger partial charge < -0.3 is 0 Å². The van der Waals surface area contributed by atoms with Crippen LogP contribution in [-0.4, -0.2) is 0 Å². The van der Waals surface area contributed by atoms with E-state index in [1.54, 1.807) is 0 Å². The number of hydrogen-bond acceptors (Lipinski definition) is 0. The van der Waals surface area contributed by atoms with Gasteiger partial charge in [-0.15, -0.1) is 0 Å². The molecular weight excluding hydrogens is 120 g/mol. The molecule has 0 unspecified atom stereocenters. The Hall–Kier alpha value is -2.11. The third kappa shape index (κ3) is 5.89. The highest BCUT2D eigenvalue weighted by atomic mass is 13.5. The molecule has 0 fully saturated rings. The molecule has 0 nitrogen and oxygen atoms in total. The molecule has 0 rings (SSSR count). The fourth-order valence-corrected chi connectivity index (χ4v) is 0.197. The second-order valence-corrected chi connectivity index (χ2v) is 1.04. The fraction of sp³-hybridized carbons (Fsp3) is 0. The number of terminal acetylenes is 1. The lowest BCUT2D eigenvalue weighted by molar-refractivity contribution is 2.06. The van der Waals surface area contributed by atoms with E-state index in [0.29, 0.717) is 0 Å². The molecule has 0 saturated heterocycles. The third-order valence-corrected chi connectivity index (χ3v) is 0.457. The lowest BCUT2D eigenvalue weighted by Gasteiger charge is -1.35. The van der Waals surface area contributed by atoms with E-state index in [9.17, 15) is 0 Å². The average Bonchev–Trinajstić information content (AvgIpc) is 2.03. The van der Waals surface area contributed by atoms with Crippen LogP contribution in [0.4, 0.5) is 0 Å². The van der Waals surface area contributed by atoms with Crippen molar-refractivity contribution in [3.63, 3.8) is 0 Å². The van der Waals surface area contributed by atoms with Crippen molar-refractivity contribution >= 4 is 0 Å². The molecule has 0 amide bonds. The molecule has 0 aromatic carbocycles. The number of hydrogen-bond donors (Lipinski definition) is 0. The molecule has 0 aromatic rings. The molecule has 10 heavy (non-hydrogen) atoms. The average molecular weight is 124 g/mol. The summed E-state index contributed by atoms with van der Waals surface area (Å²) in [7, 11) is 0. The van der Waals surface area contributed by atoms with Crippen molar-refractivity contribution in [3.8, 4) is 24.2 Å². The first-order chi connectivity index (χ1) is 5.41. The van der Waals surface area contributed by atoms with Crippen molar-refractivity contribution in [3.05, 3.63) is 35.6 Å². The van der Waals surface area contributed by atoms with Gasteiger partial charge in [-0.05, 0) is 6.55 Å². The maximum Gasteiger partial charge on any atom is 0.170 e. The van der Waals surface area contributed by atoms with Crippen molar-refractivity contribution in [2.24, 2.45) is 0 Å². The predicted molar refractivity (Wildman–Crippen MR) is 39.5 cm³/mol. The zero-order valence-electron chi connectivity index (χ0n) is 6.15. The number of rotatable bonds is 0. The van der Waals surface area contributed by atoms with Crippen molar-refractivity contribution in [2.75, 3.05) is 0 Å². The molecule has 42 valence electrons. The van der Waals surface area contributed by atoms with E-state index in [2.05, 4.69) is 46.8 Å². The molecule has 0 radical (unpaired) electrons. The van der Waals surface area contributed by atoms with Gasteiger partial charge in [-0.2, -0.15) is 0 Å². The molecule has 0 bridgehead atoms. The Morgan fingerprint density at radius 1 is 1.50 bits per heavy atom. The van der Waals surface area contributed by atoms with Crippen LogP contribution in [0.25, 0.3) is 0 Å². The minimum atomic E-state index is 0.960. The Kier molecular flexibility index (Phi) is 4.15. The summed E-state index contributed by atoms with van der Waals surface area (Å²) in [5.41, 5.74) is 9.51. The Morgan fingerprint density at radius 2 is 2.40 bits per heavy atom. The Balaban J connectivity index is 4.51. The minimum absolute atomic E-state index is 0.960. The van der Waals surface area contributed by atoms with E-state index in [1.165, 1.54) is 0 Å². The maximum absolute atomic E-state index is 6.51. The monoisotopic (exact) mass is 124 g/mol. The number of allylic oxidation sites excluding steroid dienone is 1. The Morgan fingerprint density at radius 3 is 3.10 bits per heavy atom. The van der Waals surface area contributed by atoms with Crippen LogP contribution in [0, 0.1) is 30.3 Å². The van der Waals surface area contributed by atoms with Gasteiger partial charge in [0.1, 0.15) is 0 Å². The van der Waals surface area contributed by atoms with Crippen LogP contribution in [0.3, 0.4) is 0 Å². The summed E-state index contributed by atoms with van der Waals surface area (Å²) in [6.45, 7) is 0.960. The first-order valence-electron chi connectivity index (χ1n) is 2.90. The lowest BCUT2D eigenvalue weighted by Crippen LogP contribution is -1.44. The molecule has 0 aliphatic heterocycles. The summed E-state index contributed by atoms with van der Waals surface area (Å²) in [4.78, 5) is 0. The molecule has 0 heterocycles. The molecule has 0 N–H and O–H groups in total. The van der Waals surface area contributed by atoms with Gasteiger partial charge in [0, 0.05) is 0 Å². The second-order valence-electron chi connectivity index (χ2n) is 1.04. The van der Waals surface area contributed by atoms with E-state index in [4.69, 9.17) is 7.79 Å². The van der Waals surface area contributed by atoms with Crippen LogP contribution in [0.15, 0.2) is 29.5 Å². The minimum Gasteiger partial charge on any atom is -0.0900 e. The molecule has 0 aliphatic rings. The van der Waals surface area contributed by atoms with Gasteiger partial charge in [-0.1, -0.05) is 12.2 Å². The van der Waals surface area contributed by atoms with Crippen LogP contribution in [-0.2, 0) is 0 Å². The summed E-state index contributed by atoms with van der Waals surface area (Å²) in [5.74, 6) is 6.79. The summed E-state index contributed by atoms with van der Waals surface area (Å²) in [6, 6.07) is 0. The molecule has 0 heteroatoms. The van der Waals surface area contributed by atoms with Gasteiger partial charge in [0.2, 0.25) is 0 Å². The first kappa shape index (κ1) is 6.02. The predicted octanol–water partition coefficient (Wildman–Crippen LogP) is 1.23. The molecule has 0 aliphatic carbocycles. The SMILES string of the molecule is [2H]C=C=C=C=C=[C+]C#CC#C. The molecule has 0 spiro atoms. The van der Waals surface area contributed by atoms with Gasteiger partial charge in [0.05, 0.1) is 13.0 Å². The summed E-state index contributed by atoms with van der Waals surface area (Å²) >= 11 is 0. The maximum atomic E-state index is 6.51. The highest BCUT2D eigenvalue weighted by Crippen LogP contribution is 1.56. The lowest BCUT2D eigenvalue weighted by atomic mass is 10.5. The van der Waals surface area contributed by atoms with Crippen LogP contribution >= 0.6 is 0 Å². The molecular formula is C10H3+. The zero-order valence-corrected chi connectivity index (χ0v) is 5.15. The fourth-order valence-electron chi connectivity index (χ4n) is 0.197. The molecule has 0 aromatic heterocycles. The van der Waals surface area contributed by atoms with Crippen molar-refractivity contribution in [2.45, 2.75) is 0 Å². The summed E-state index contributed by atoms with van der Waals surface area (Å²) in [6.07, 6.45) is 7.22. The van der Waals surface area contributed by atoms with E-state index in [1.807, 2.05) is 0 Å². The van der Waals surface area contributed by atoms with E-state index in [0.717, 1.165) is 6.55 Å². The molecule has 0 saturated carbocycles. The highest BCUT2D eigenvalue weighted by Gasteiger charge is 1.64. The smallest absolute Gasteiger partial charge is 0.0900 e. The van der Waals surface area contributed by atoms with E-state index >= 15 is 0 Å². The molecule has 0 atom stereocenters. The van der Waals surface area contributed by atoms with Crippen molar-refractivity contribution < 1.29 is 1.37 Å². The highest BCUT2D eigenvalue weighted by molar-refractivity contribution is 5.24. The van der Waals surface area contributed by atoms with Crippen molar-refractivity contribution in [1.29, 1.82) is 0 Å². The Bertz CT molecular complexity index is 371. The van der Waals surface area contributed by atoms with Crippen molar-refractivity contribution in [1.82, 2.24) is 0 Å². The standard InChI is InChI=1S/C10H3/c1-3-5-7-9-10-8-6-4-2/h1H,2H2/q+1/i2D. The van der Waals surface area contributed by atoms with Gasteiger partial charge >= 0.3 is 0 Å². The van der Waals surface area contributed by atoms with E-state index in [-0.39, 0.29) is 0 Å². The van der Waals surface area contributed by atoms with Crippen LogP contribution < -0.4 is 0 Å². The van der Waals surface area contributed by atoms with Gasteiger partial charge in [-0.25, -0.2) is 0 Å². The summed E-state index contributed by atoms with van der Waals surface area (Å²) in [5, 5.41) is 0. The van der Waals surface area contributed by atoms with Gasteiger partial charge in [-0.3, -0.25) is 0 Å². The Labute approximate surface area is 62.0 Å². The normalized spacial score (nSPS) is 4.50. The van der Waals surface area contributed by atoms with Crippen LogP contribution in [0.1, 0.15) is 1.37 Å². The van der Waals surface area contributed by atoms with Crippen LogP contribution in [0.5, 0.6) is 0 Å². The first-order valence-corrected chi connectivity index (χ1v) is 2.33. The zero-order chi connectivity index (χ0) is 8.36. The topological polar surface area (TPSA) is 0 Å².